The van der Waals surface area contributed by atoms with Crippen LogP contribution in [0, 0.1) is 0 Å². The molecule has 5 nitrogen and oxygen atoms in total. The molecule has 19 heavy (non-hydrogen) atoms. The molecular formula is C13H14ClN5. The van der Waals surface area contributed by atoms with E-state index in [1.54, 1.807) is 6.07 Å². The summed E-state index contributed by atoms with van der Waals surface area (Å²) in [6, 6.07) is 9.93. The number of nitrogens with two attached hydrogens (primary N) is 1. The number of anilines is 4. The molecule has 0 saturated heterocycles. The van der Waals surface area contributed by atoms with E-state index in [1.165, 1.54) is 5.69 Å². The molecule has 2 N–H and O–H groups in total. The summed E-state index contributed by atoms with van der Waals surface area (Å²) in [4.78, 5) is 12.5. The predicted molar refractivity (Wildman–Crippen MR) is 78.2 cm³/mol. The molecule has 0 atom stereocenters. The zero-order valence-electron chi connectivity index (χ0n) is 10.5. The molecule has 3 rings (SSSR count). The molecule has 0 spiro atoms. The van der Waals surface area contributed by atoms with Crippen LogP contribution < -0.4 is 15.5 Å². The van der Waals surface area contributed by atoms with Gasteiger partial charge in [0.05, 0.1) is 11.4 Å². The summed E-state index contributed by atoms with van der Waals surface area (Å²) in [6.07, 6.45) is 0. The van der Waals surface area contributed by atoms with E-state index in [0.29, 0.717) is 5.15 Å². The zero-order chi connectivity index (χ0) is 13.4. The third kappa shape index (κ3) is 2.17. The van der Waals surface area contributed by atoms with Gasteiger partial charge in [0, 0.05) is 26.2 Å². The van der Waals surface area contributed by atoms with Gasteiger partial charge in [-0.1, -0.05) is 23.7 Å². The number of nitrogens with zero attached hydrogens (tertiary/aromatic N) is 4. The highest BCUT2D eigenvalue weighted by atomic mass is 35.5. The van der Waals surface area contributed by atoms with Crippen LogP contribution in [-0.2, 0) is 0 Å². The average molecular weight is 276 g/mol. The SMILES string of the molecule is CN1CCN(c2cc(Cl)nc(N)n2)c2ccccc21. The highest BCUT2D eigenvalue weighted by molar-refractivity contribution is 6.29. The van der Waals surface area contributed by atoms with Crippen molar-refractivity contribution >= 4 is 34.7 Å². The van der Waals surface area contributed by atoms with Crippen molar-refractivity contribution in [1.29, 1.82) is 0 Å². The van der Waals surface area contributed by atoms with Crippen molar-refractivity contribution in [3.05, 3.63) is 35.5 Å². The molecule has 0 radical (unpaired) electrons. The summed E-state index contributed by atoms with van der Waals surface area (Å²) in [5, 5.41) is 0.360. The second-order valence-electron chi connectivity index (χ2n) is 4.47. The summed E-state index contributed by atoms with van der Waals surface area (Å²) in [5.41, 5.74) is 7.94. The van der Waals surface area contributed by atoms with Crippen LogP contribution in [-0.4, -0.2) is 30.1 Å². The molecule has 0 amide bonds. The van der Waals surface area contributed by atoms with Gasteiger partial charge >= 0.3 is 0 Å². The number of halogens is 1. The Hall–Kier alpha value is -2.01. The second-order valence-corrected chi connectivity index (χ2v) is 4.86. The summed E-state index contributed by atoms with van der Waals surface area (Å²) in [6.45, 7) is 1.75. The zero-order valence-corrected chi connectivity index (χ0v) is 11.3. The highest BCUT2D eigenvalue weighted by Crippen LogP contribution is 2.36. The maximum atomic E-state index is 5.96. The van der Waals surface area contributed by atoms with Gasteiger partial charge in [0.2, 0.25) is 5.95 Å². The van der Waals surface area contributed by atoms with Gasteiger partial charge in [-0.15, -0.1) is 0 Å². The minimum atomic E-state index is 0.193. The van der Waals surface area contributed by atoms with Crippen molar-refractivity contribution in [2.24, 2.45) is 0 Å². The first-order valence-corrected chi connectivity index (χ1v) is 6.41. The van der Waals surface area contributed by atoms with E-state index in [4.69, 9.17) is 17.3 Å². The molecule has 1 aromatic heterocycles. The number of hydrogen-bond donors (Lipinski definition) is 1. The molecule has 6 heteroatoms. The Morgan fingerprint density at radius 1 is 1.16 bits per heavy atom. The Morgan fingerprint density at radius 2 is 1.89 bits per heavy atom. The van der Waals surface area contributed by atoms with Crippen molar-refractivity contribution in [2.45, 2.75) is 0 Å². The number of benzene rings is 1. The number of para-hydroxylation sites is 2. The molecule has 1 aliphatic rings. The summed E-state index contributed by atoms with van der Waals surface area (Å²) in [7, 11) is 2.08. The fourth-order valence-corrected chi connectivity index (χ4v) is 2.49. The van der Waals surface area contributed by atoms with E-state index < -0.39 is 0 Å². The van der Waals surface area contributed by atoms with E-state index in [2.05, 4.69) is 38.9 Å². The Bertz CT molecular complexity index is 595. The molecule has 2 heterocycles. The topological polar surface area (TPSA) is 58.3 Å². The molecule has 0 unspecified atom stereocenters. The largest absolute Gasteiger partial charge is 0.371 e. The molecule has 0 aliphatic carbocycles. The van der Waals surface area contributed by atoms with Gasteiger partial charge in [-0.25, -0.2) is 4.98 Å². The predicted octanol–water partition coefficient (Wildman–Crippen LogP) is 2.30. The Morgan fingerprint density at radius 3 is 2.63 bits per heavy atom. The van der Waals surface area contributed by atoms with E-state index in [1.807, 2.05) is 12.1 Å². The number of likely N-dealkylation sites (N-methyl/N-ethyl adjacent to an activating group) is 1. The number of aromatic nitrogens is 2. The van der Waals surface area contributed by atoms with Crippen molar-refractivity contribution in [1.82, 2.24) is 9.97 Å². The lowest BCUT2D eigenvalue weighted by molar-refractivity contribution is 0.812. The molecule has 1 aromatic carbocycles. The molecule has 0 bridgehead atoms. The second kappa shape index (κ2) is 4.59. The molecular weight excluding hydrogens is 262 g/mol. The molecule has 0 saturated carbocycles. The van der Waals surface area contributed by atoms with Gasteiger partial charge in [0.15, 0.2) is 0 Å². The smallest absolute Gasteiger partial charge is 0.223 e. The minimum absolute atomic E-state index is 0.193. The van der Waals surface area contributed by atoms with Gasteiger partial charge in [-0.2, -0.15) is 4.98 Å². The van der Waals surface area contributed by atoms with Crippen molar-refractivity contribution in [3.63, 3.8) is 0 Å². The van der Waals surface area contributed by atoms with Gasteiger partial charge < -0.3 is 15.5 Å². The van der Waals surface area contributed by atoms with Crippen LogP contribution in [0.2, 0.25) is 5.15 Å². The maximum absolute atomic E-state index is 5.96. The van der Waals surface area contributed by atoms with Crippen LogP contribution in [0.4, 0.5) is 23.1 Å². The van der Waals surface area contributed by atoms with Gasteiger partial charge in [-0.3, -0.25) is 0 Å². The lowest BCUT2D eigenvalue weighted by Crippen LogP contribution is -2.36. The van der Waals surface area contributed by atoms with E-state index in [0.717, 1.165) is 24.6 Å². The minimum Gasteiger partial charge on any atom is -0.371 e. The van der Waals surface area contributed by atoms with Crippen LogP contribution in [0.3, 0.4) is 0 Å². The van der Waals surface area contributed by atoms with Gasteiger partial charge in [-0.05, 0) is 12.1 Å². The first kappa shape index (κ1) is 12.0. The van der Waals surface area contributed by atoms with E-state index >= 15 is 0 Å². The van der Waals surface area contributed by atoms with Crippen molar-refractivity contribution in [3.8, 4) is 0 Å². The monoisotopic (exact) mass is 275 g/mol. The quantitative estimate of drug-likeness (QED) is 0.810. The molecule has 98 valence electrons. The fourth-order valence-electron chi connectivity index (χ4n) is 2.31. The Kier molecular flexibility index (Phi) is 2.91. The fraction of sp³-hybridized carbons (Fsp3) is 0.231. The number of fused-ring (bicyclic) bond motifs is 1. The number of rotatable bonds is 1. The number of hydrogen-bond acceptors (Lipinski definition) is 5. The summed E-state index contributed by atoms with van der Waals surface area (Å²) >= 11 is 5.96. The van der Waals surface area contributed by atoms with Gasteiger partial charge in [0.1, 0.15) is 11.0 Å². The summed E-state index contributed by atoms with van der Waals surface area (Å²) < 4.78 is 0. The highest BCUT2D eigenvalue weighted by Gasteiger charge is 2.22. The first-order valence-electron chi connectivity index (χ1n) is 6.03. The van der Waals surface area contributed by atoms with Gasteiger partial charge in [0.25, 0.3) is 0 Å². The van der Waals surface area contributed by atoms with Crippen LogP contribution in [0.15, 0.2) is 30.3 Å². The Balaban J connectivity index is 2.09. The van der Waals surface area contributed by atoms with Crippen LogP contribution in [0.5, 0.6) is 0 Å². The molecule has 1 aliphatic heterocycles. The summed E-state index contributed by atoms with van der Waals surface area (Å²) in [5.74, 6) is 0.928. The first-order chi connectivity index (χ1) is 9.15. The Labute approximate surface area is 116 Å². The van der Waals surface area contributed by atoms with Crippen molar-refractivity contribution < 1.29 is 0 Å². The van der Waals surface area contributed by atoms with E-state index in [9.17, 15) is 0 Å². The standard InChI is InChI=1S/C13H14ClN5/c1-18-6-7-19(10-5-3-2-4-9(10)18)12-8-11(14)16-13(15)17-12/h2-5,8H,6-7H2,1H3,(H2,15,16,17). The number of nitrogen functional groups attached to an aromatic ring is 1. The van der Waals surface area contributed by atoms with Crippen LogP contribution >= 0.6 is 11.6 Å². The average Bonchev–Trinajstić information content (AvgIpc) is 2.38. The van der Waals surface area contributed by atoms with Crippen LogP contribution in [0.1, 0.15) is 0 Å². The normalized spacial score (nSPS) is 14.4. The third-order valence-electron chi connectivity index (χ3n) is 3.22. The van der Waals surface area contributed by atoms with Crippen LogP contribution in [0.25, 0.3) is 0 Å². The lowest BCUT2D eigenvalue weighted by Gasteiger charge is -2.36. The maximum Gasteiger partial charge on any atom is 0.223 e. The molecule has 2 aromatic rings. The van der Waals surface area contributed by atoms with E-state index in [-0.39, 0.29) is 5.95 Å². The lowest BCUT2D eigenvalue weighted by atomic mass is 10.2. The molecule has 0 fully saturated rings. The van der Waals surface area contributed by atoms with Crippen molar-refractivity contribution in [2.75, 3.05) is 35.7 Å². The third-order valence-corrected chi connectivity index (χ3v) is 3.41.